The third-order valence-corrected chi connectivity index (χ3v) is 4.58. The van der Waals surface area contributed by atoms with E-state index in [9.17, 15) is 9.59 Å². The highest BCUT2D eigenvalue weighted by molar-refractivity contribution is 5.92. The van der Waals surface area contributed by atoms with Crippen molar-refractivity contribution in [2.24, 2.45) is 0 Å². The minimum Gasteiger partial charge on any atom is -0.325 e. The maximum atomic E-state index is 12.4. The van der Waals surface area contributed by atoms with Crippen molar-refractivity contribution in [2.75, 3.05) is 5.32 Å². The fraction of sp³-hybridized carbons (Fsp3) is 0.273. The lowest BCUT2D eigenvalue weighted by Crippen LogP contribution is -2.27. The fourth-order valence-corrected chi connectivity index (χ4v) is 3.14. The molecule has 0 radical (unpaired) electrons. The molecule has 2 aromatic carbocycles. The van der Waals surface area contributed by atoms with E-state index in [4.69, 9.17) is 0 Å². The Morgan fingerprint density at radius 2 is 1.81 bits per heavy atom. The number of nitrogens with zero attached hydrogens (tertiary/aromatic N) is 1. The number of aryl methyl sites for hydroxylation is 2. The summed E-state index contributed by atoms with van der Waals surface area (Å²) in [6, 6.07) is 17.1. The van der Waals surface area contributed by atoms with Crippen molar-refractivity contribution in [2.45, 2.75) is 39.7 Å². The maximum Gasteiger partial charge on any atom is 0.251 e. The number of para-hydroxylation sites is 1. The lowest BCUT2D eigenvalue weighted by molar-refractivity contribution is -0.116. The van der Waals surface area contributed by atoms with Crippen molar-refractivity contribution in [3.8, 4) is 0 Å². The Morgan fingerprint density at radius 3 is 2.54 bits per heavy atom. The molecule has 134 valence electrons. The van der Waals surface area contributed by atoms with Gasteiger partial charge in [0.15, 0.2) is 0 Å². The normalized spacial score (nSPS) is 10.8. The van der Waals surface area contributed by atoms with E-state index in [2.05, 4.69) is 12.2 Å². The Hall–Kier alpha value is -2.88. The minimum absolute atomic E-state index is 0.00277. The van der Waals surface area contributed by atoms with Gasteiger partial charge in [-0.2, -0.15) is 0 Å². The maximum absolute atomic E-state index is 12.4. The van der Waals surface area contributed by atoms with Crippen molar-refractivity contribution < 1.29 is 4.79 Å². The number of carbonyl (C=O) groups is 1. The van der Waals surface area contributed by atoms with Gasteiger partial charge in [0.25, 0.3) is 5.56 Å². The molecule has 4 heteroatoms. The lowest BCUT2D eigenvalue weighted by Gasteiger charge is -2.12. The summed E-state index contributed by atoms with van der Waals surface area (Å²) in [5.41, 5.74) is 3.56. The van der Waals surface area contributed by atoms with E-state index < -0.39 is 0 Å². The van der Waals surface area contributed by atoms with Crippen LogP contribution in [-0.4, -0.2) is 10.5 Å². The van der Waals surface area contributed by atoms with Gasteiger partial charge < -0.3 is 5.32 Å². The molecule has 1 amide bonds. The van der Waals surface area contributed by atoms with E-state index in [1.54, 1.807) is 6.07 Å². The molecule has 0 bridgehead atoms. The van der Waals surface area contributed by atoms with Crippen LogP contribution in [0.1, 0.15) is 30.9 Å². The molecule has 0 fully saturated rings. The first-order valence-corrected chi connectivity index (χ1v) is 9.06. The summed E-state index contributed by atoms with van der Waals surface area (Å²) in [5, 5.41) is 3.87. The van der Waals surface area contributed by atoms with Gasteiger partial charge in [-0.1, -0.05) is 43.7 Å². The monoisotopic (exact) mass is 348 g/mol. The van der Waals surface area contributed by atoms with Crippen LogP contribution in [0.4, 0.5) is 5.69 Å². The van der Waals surface area contributed by atoms with Gasteiger partial charge in [0.1, 0.15) is 6.54 Å². The molecule has 1 aromatic heterocycles. The highest BCUT2D eigenvalue weighted by Gasteiger charge is 2.10. The second-order valence-corrected chi connectivity index (χ2v) is 6.62. The zero-order valence-corrected chi connectivity index (χ0v) is 15.3. The van der Waals surface area contributed by atoms with Crippen LogP contribution in [0.5, 0.6) is 0 Å². The minimum atomic E-state index is -0.206. The first kappa shape index (κ1) is 17.9. The van der Waals surface area contributed by atoms with Crippen LogP contribution in [0.3, 0.4) is 0 Å². The topological polar surface area (TPSA) is 51.1 Å². The Morgan fingerprint density at radius 1 is 1.08 bits per heavy atom. The number of anilines is 1. The predicted octanol–water partition coefficient (Wildman–Crippen LogP) is 4.29. The summed E-state index contributed by atoms with van der Waals surface area (Å²) in [4.78, 5) is 24.8. The average molecular weight is 348 g/mol. The Balaban J connectivity index is 1.76. The molecular formula is C22H24N2O2. The van der Waals surface area contributed by atoms with Crippen LogP contribution >= 0.6 is 0 Å². The second-order valence-electron chi connectivity index (χ2n) is 6.62. The Labute approximate surface area is 153 Å². The van der Waals surface area contributed by atoms with E-state index in [0.29, 0.717) is 0 Å². The molecule has 0 aliphatic rings. The molecule has 0 spiro atoms. The molecule has 1 N–H and O–H groups in total. The van der Waals surface area contributed by atoms with Crippen LogP contribution in [0.15, 0.2) is 59.4 Å². The van der Waals surface area contributed by atoms with Gasteiger partial charge in [-0.25, -0.2) is 0 Å². The number of aromatic nitrogens is 1. The van der Waals surface area contributed by atoms with Crippen molar-refractivity contribution >= 4 is 22.5 Å². The summed E-state index contributed by atoms with van der Waals surface area (Å²) in [7, 11) is 0. The molecule has 3 rings (SSSR count). The van der Waals surface area contributed by atoms with E-state index in [1.807, 2.05) is 55.5 Å². The number of amides is 1. The highest BCUT2D eigenvalue weighted by atomic mass is 16.2. The number of hydrogen-bond acceptors (Lipinski definition) is 2. The van der Waals surface area contributed by atoms with E-state index >= 15 is 0 Å². The summed E-state index contributed by atoms with van der Waals surface area (Å²) in [5.74, 6) is -0.206. The van der Waals surface area contributed by atoms with Gasteiger partial charge in [-0.15, -0.1) is 0 Å². The number of rotatable bonds is 6. The van der Waals surface area contributed by atoms with Crippen LogP contribution in [-0.2, 0) is 17.8 Å². The molecule has 0 aliphatic heterocycles. The molecule has 26 heavy (non-hydrogen) atoms. The zero-order valence-electron chi connectivity index (χ0n) is 15.3. The molecular weight excluding hydrogens is 324 g/mol. The zero-order chi connectivity index (χ0) is 18.5. The van der Waals surface area contributed by atoms with Gasteiger partial charge in [0, 0.05) is 17.1 Å². The summed E-state index contributed by atoms with van der Waals surface area (Å²) < 4.78 is 1.52. The van der Waals surface area contributed by atoms with Crippen LogP contribution < -0.4 is 10.9 Å². The van der Waals surface area contributed by atoms with Crippen molar-refractivity contribution in [1.82, 2.24) is 4.57 Å². The largest absolute Gasteiger partial charge is 0.325 e. The summed E-state index contributed by atoms with van der Waals surface area (Å²) in [6.45, 7) is 4.08. The molecule has 0 saturated heterocycles. The highest BCUT2D eigenvalue weighted by Crippen LogP contribution is 2.16. The van der Waals surface area contributed by atoms with Crippen molar-refractivity contribution in [3.05, 3.63) is 76.1 Å². The Bertz CT molecular complexity index is 972. The average Bonchev–Trinajstić information content (AvgIpc) is 2.64. The van der Waals surface area contributed by atoms with Crippen LogP contribution in [0.2, 0.25) is 0 Å². The standard InChI is InChI=1S/C22H24N2O2/c1-3-4-7-17-10-12-18(13-11-17)23-21(25)15-24-20-9-6-5-8-19(20)16(2)14-22(24)26/h5-6,8-14H,3-4,7,15H2,1-2H3,(H,23,25). The number of hydrogen-bond donors (Lipinski definition) is 1. The number of fused-ring (bicyclic) bond motifs is 1. The lowest BCUT2D eigenvalue weighted by atomic mass is 10.1. The fourth-order valence-electron chi connectivity index (χ4n) is 3.14. The number of nitrogens with one attached hydrogen (secondary N) is 1. The van der Waals surface area contributed by atoms with Gasteiger partial charge >= 0.3 is 0 Å². The predicted molar refractivity (Wildman–Crippen MR) is 107 cm³/mol. The Kier molecular flexibility index (Phi) is 5.52. The summed E-state index contributed by atoms with van der Waals surface area (Å²) >= 11 is 0. The molecule has 0 unspecified atom stereocenters. The van der Waals surface area contributed by atoms with Crippen molar-refractivity contribution in [3.63, 3.8) is 0 Å². The van der Waals surface area contributed by atoms with E-state index in [0.717, 1.165) is 41.4 Å². The quantitative estimate of drug-likeness (QED) is 0.722. The number of benzene rings is 2. The molecule has 3 aromatic rings. The van der Waals surface area contributed by atoms with Crippen LogP contribution in [0, 0.1) is 6.92 Å². The van der Waals surface area contributed by atoms with Gasteiger partial charge in [-0.3, -0.25) is 14.2 Å². The first-order valence-electron chi connectivity index (χ1n) is 9.06. The molecule has 0 atom stereocenters. The van der Waals surface area contributed by atoms with E-state index in [-0.39, 0.29) is 18.0 Å². The third-order valence-electron chi connectivity index (χ3n) is 4.58. The third kappa shape index (κ3) is 4.02. The number of pyridine rings is 1. The summed E-state index contributed by atoms with van der Waals surface area (Å²) in [6.07, 6.45) is 3.38. The van der Waals surface area contributed by atoms with Gasteiger partial charge in [0.2, 0.25) is 5.91 Å². The number of unbranched alkanes of at least 4 members (excludes halogenated alkanes) is 1. The van der Waals surface area contributed by atoms with Crippen molar-refractivity contribution in [1.29, 1.82) is 0 Å². The smallest absolute Gasteiger partial charge is 0.251 e. The molecule has 4 nitrogen and oxygen atoms in total. The van der Waals surface area contributed by atoms with E-state index in [1.165, 1.54) is 10.1 Å². The molecule has 1 heterocycles. The second kappa shape index (κ2) is 8.00. The van der Waals surface area contributed by atoms with Gasteiger partial charge in [0.05, 0.1) is 5.52 Å². The number of carbonyl (C=O) groups excluding carboxylic acids is 1. The first-order chi connectivity index (χ1) is 12.6. The SMILES string of the molecule is CCCCc1ccc(NC(=O)Cn2c(=O)cc(C)c3ccccc32)cc1. The van der Waals surface area contributed by atoms with Gasteiger partial charge in [-0.05, 0) is 49.1 Å². The molecule has 0 saturated carbocycles. The molecule has 0 aliphatic carbocycles. The van der Waals surface area contributed by atoms with Crippen LogP contribution in [0.25, 0.3) is 10.9 Å².